The molecule has 3 heterocycles. The zero-order chi connectivity index (χ0) is 19.7. The van der Waals surface area contributed by atoms with E-state index in [9.17, 15) is 4.79 Å². The zero-order valence-electron chi connectivity index (χ0n) is 16.6. The number of aryl methyl sites for hydroxylation is 1. The van der Waals surface area contributed by atoms with Crippen molar-refractivity contribution < 1.29 is 9.21 Å². The van der Waals surface area contributed by atoms with Crippen molar-refractivity contribution in [1.82, 2.24) is 14.9 Å². The first-order chi connectivity index (χ1) is 13.5. The Morgan fingerprint density at radius 3 is 2.54 bits per heavy atom. The molecular formula is C21H25N5O2. The Kier molecular flexibility index (Phi) is 4.90. The smallest absolute Gasteiger partial charge is 0.300 e. The summed E-state index contributed by atoms with van der Waals surface area (Å²) in [4.78, 5) is 27.5. The van der Waals surface area contributed by atoms with Gasteiger partial charge in [0.1, 0.15) is 0 Å². The minimum Gasteiger partial charge on any atom is -0.422 e. The second-order valence-corrected chi connectivity index (χ2v) is 7.44. The minimum absolute atomic E-state index is 0.159. The van der Waals surface area contributed by atoms with Crippen molar-refractivity contribution >= 4 is 28.8 Å². The summed E-state index contributed by atoms with van der Waals surface area (Å²) in [6, 6.07) is 10.7. The minimum atomic E-state index is 0.159. The summed E-state index contributed by atoms with van der Waals surface area (Å²) in [6.07, 6.45) is 2.22. The number of oxazole rings is 1. The number of benzene rings is 1. The van der Waals surface area contributed by atoms with Gasteiger partial charge in [-0.3, -0.25) is 4.79 Å². The first-order valence-electron chi connectivity index (χ1n) is 9.52. The van der Waals surface area contributed by atoms with Gasteiger partial charge in [-0.05, 0) is 36.2 Å². The van der Waals surface area contributed by atoms with Crippen molar-refractivity contribution in [3.8, 4) is 0 Å². The number of rotatable bonds is 4. The summed E-state index contributed by atoms with van der Waals surface area (Å²) < 4.78 is 5.86. The summed E-state index contributed by atoms with van der Waals surface area (Å²) in [5.41, 5.74) is 4.55. The summed E-state index contributed by atoms with van der Waals surface area (Å²) in [5.74, 6) is 0.159. The van der Waals surface area contributed by atoms with Gasteiger partial charge in [-0.25, -0.2) is 4.98 Å². The number of anilines is 2. The van der Waals surface area contributed by atoms with Crippen LogP contribution in [-0.4, -0.2) is 61.0 Å². The summed E-state index contributed by atoms with van der Waals surface area (Å²) in [7, 11) is 4.02. The number of nitrogens with zero attached hydrogens (tertiary/aromatic N) is 5. The molecule has 0 unspecified atom stereocenters. The Morgan fingerprint density at radius 2 is 1.86 bits per heavy atom. The van der Waals surface area contributed by atoms with Crippen LogP contribution in [0.15, 0.2) is 40.9 Å². The van der Waals surface area contributed by atoms with Crippen molar-refractivity contribution in [2.75, 3.05) is 50.1 Å². The van der Waals surface area contributed by atoms with Crippen LogP contribution in [0.2, 0.25) is 0 Å². The molecule has 3 aromatic rings. The molecule has 0 bridgehead atoms. The lowest BCUT2D eigenvalue weighted by molar-refractivity contribution is -0.130. The van der Waals surface area contributed by atoms with E-state index in [-0.39, 0.29) is 5.91 Å². The number of hydrogen-bond donors (Lipinski definition) is 0. The number of pyridine rings is 1. The van der Waals surface area contributed by atoms with E-state index < -0.39 is 0 Å². The van der Waals surface area contributed by atoms with Gasteiger partial charge in [-0.2, -0.15) is 4.98 Å². The average Bonchev–Trinajstić information content (AvgIpc) is 3.11. The third-order valence-electron chi connectivity index (χ3n) is 5.08. The molecule has 0 spiro atoms. The van der Waals surface area contributed by atoms with Crippen LogP contribution in [0.1, 0.15) is 11.1 Å². The van der Waals surface area contributed by atoms with E-state index in [1.807, 2.05) is 61.2 Å². The molecule has 7 heteroatoms. The van der Waals surface area contributed by atoms with E-state index in [1.165, 1.54) is 0 Å². The molecule has 1 fully saturated rings. The van der Waals surface area contributed by atoms with Crippen LogP contribution in [0.25, 0.3) is 11.2 Å². The maximum Gasteiger partial charge on any atom is 0.300 e. The van der Waals surface area contributed by atoms with Crippen molar-refractivity contribution in [2.45, 2.75) is 13.3 Å². The Balaban J connectivity index is 1.35. The molecule has 1 amide bonds. The van der Waals surface area contributed by atoms with Crippen LogP contribution in [0.4, 0.5) is 11.7 Å². The third kappa shape index (κ3) is 3.78. The molecule has 2 aromatic heterocycles. The van der Waals surface area contributed by atoms with Gasteiger partial charge in [-0.1, -0.05) is 12.1 Å². The highest BCUT2D eigenvalue weighted by Crippen LogP contribution is 2.22. The number of carbonyl (C=O) groups is 1. The fraction of sp³-hybridized carbons (Fsp3) is 0.381. The van der Waals surface area contributed by atoms with E-state index in [0.29, 0.717) is 49.8 Å². The molecule has 0 atom stereocenters. The number of amides is 1. The molecule has 1 aliphatic heterocycles. The molecular weight excluding hydrogens is 354 g/mol. The van der Waals surface area contributed by atoms with Gasteiger partial charge in [0.05, 0.1) is 6.42 Å². The number of aromatic nitrogens is 2. The molecule has 0 radical (unpaired) electrons. The number of carbonyl (C=O) groups excluding carboxylic acids is 1. The zero-order valence-corrected chi connectivity index (χ0v) is 16.6. The molecule has 0 saturated carbocycles. The highest BCUT2D eigenvalue weighted by molar-refractivity contribution is 5.79. The van der Waals surface area contributed by atoms with Gasteiger partial charge in [0.15, 0.2) is 5.58 Å². The summed E-state index contributed by atoms with van der Waals surface area (Å²) in [6.45, 7) is 4.72. The maximum absolute atomic E-state index is 12.7. The maximum atomic E-state index is 12.7. The molecule has 7 nitrogen and oxygen atoms in total. The summed E-state index contributed by atoms with van der Waals surface area (Å²) in [5, 5.41) is 0. The van der Waals surface area contributed by atoms with Crippen LogP contribution in [0.3, 0.4) is 0 Å². The second kappa shape index (κ2) is 7.50. The number of fused-ring (bicyclic) bond motifs is 1. The van der Waals surface area contributed by atoms with E-state index in [1.54, 1.807) is 6.20 Å². The lowest BCUT2D eigenvalue weighted by Crippen LogP contribution is -2.49. The molecule has 1 aliphatic rings. The van der Waals surface area contributed by atoms with Crippen molar-refractivity contribution in [2.24, 2.45) is 0 Å². The van der Waals surface area contributed by atoms with Crippen LogP contribution in [0, 0.1) is 6.92 Å². The topological polar surface area (TPSA) is 65.7 Å². The van der Waals surface area contributed by atoms with Crippen molar-refractivity contribution in [3.63, 3.8) is 0 Å². The van der Waals surface area contributed by atoms with E-state index >= 15 is 0 Å². The SMILES string of the molecule is Cc1cnc2nc(N3CCN(C(=O)Cc4ccc(N(C)C)cc4)CC3)oc2c1. The third-order valence-corrected chi connectivity index (χ3v) is 5.08. The van der Waals surface area contributed by atoms with Crippen LogP contribution in [0.5, 0.6) is 0 Å². The first-order valence-corrected chi connectivity index (χ1v) is 9.52. The first kappa shape index (κ1) is 18.3. The molecule has 4 rings (SSSR count). The Bertz CT molecular complexity index is 972. The Labute approximate surface area is 164 Å². The van der Waals surface area contributed by atoms with E-state index in [0.717, 1.165) is 16.8 Å². The van der Waals surface area contributed by atoms with Gasteiger partial charge >= 0.3 is 0 Å². The quantitative estimate of drug-likeness (QED) is 0.694. The van der Waals surface area contributed by atoms with Gasteiger partial charge < -0.3 is 19.1 Å². The lowest BCUT2D eigenvalue weighted by Gasteiger charge is -2.33. The number of hydrogen-bond acceptors (Lipinski definition) is 6. The molecule has 0 N–H and O–H groups in total. The van der Waals surface area contributed by atoms with Crippen molar-refractivity contribution in [1.29, 1.82) is 0 Å². The summed E-state index contributed by atoms with van der Waals surface area (Å²) >= 11 is 0. The van der Waals surface area contributed by atoms with Gasteiger partial charge in [0, 0.05) is 52.2 Å². The molecule has 1 saturated heterocycles. The molecule has 28 heavy (non-hydrogen) atoms. The van der Waals surface area contributed by atoms with Gasteiger partial charge in [-0.15, -0.1) is 0 Å². The normalized spacial score (nSPS) is 14.5. The standard InChI is InChI=1S/C21H25N5O2/c1-15-12-18-20(22-14-15)23-21(28-18)26-10-8-25(9-11-26)19(27)13-16-4-6-17(7-5-16)24(2)3/h4-7,12,14H,8-11,13H2,1-3H3. The van der Waals surface area contributed by atoms with E-state index in [4.69, 9.17) is 4.42 Å². The number of piperazine rings is 1. The van der Waals surface area contributed by atoms with Gasteiger partial charge in [0.2, 0.25) is 11.6 Å². The Morgan fingerprint density at radius 1 is 1.14 bits per heavy atom. The predicted molar refractivity (Wildman–Crippen MR) is 110 cm³/mol. The fourth-order valence-electron chi connectivity index (χ4n) is 3.39. The molecule has 0 aliphatic carbocycles. The monoisotopic (exact) mass is 379 g/mol. The van der Waals surface area contributed by atoms with Gasteiger partial charge in [0.25, 0.3) is 6.01 Å². The highest BCUT2D eigenvalue weighted by atomic mass is 16.4. The largest absolute Gasteiger partial charge is 0.422 e. The second-order valence-electron chi connectivity index (χ2n) is 7.44. The lowest BCUT2D eigenvalue weighted by atomic mass is 10.1. The van der Waals surface area contributed by atoms with E-state index in [2.05, 4.69) is 14.9 Å². The van der Waals surface area contributed by atoms with Crippen LogP contribution in [-0.2, 0) is 11.2 Å². The highest BCUT2D eigenvalue weighted by Gasteiger charge is 2.24. The van der Waals surface area contributed by atoms with Crippen LogP contribution < -0.4 is 9.80 Å². The molecule has 146 valence electrons. The van der Waals surface area contributed by atoms with Crippen LogP contribution >= 0.6 is 0 Å². The van der Waals surface area contributed by atoms with Crippen molar-refractivity contribution in [3.05, 3.63) is 47.7 Å². The molecule has 1 aromatic carbocycles. The Hall–Kier alpha value is -3.09. The average molecular weight is 379 g/mol. The fourth-order valence-corrected chi connectivity index (χ4v) is 3.39. The predicted octanol–water partition coefficient (Wildman–Crippen LogP) is 2.49.